The van der Waals surface area contributed by atoms with Crippen molar-refractivity contribution in [2.24, 2.45) is 11.8 Å². The van der Waals surface area contributed by atoms with Gasteiger partial charge in [-0.05, 0) is 37.0 Å². The van der Waals surface area contributed by atoms with Crippen LogP contribution in [0.15, 0.2) is 24.3 Å². The molecule has 0 spiro atoms. The van der Waals surface area contributed by atoms with Crippen molar-refractivity contribution in [3.8, 4) is 0 Å². The van der Waals surface area contributed by atoms with Crippen LogP contribution in [0.5, 0.6) is 0 Å². The molecule has 1 saturated heterocycles. The number of carbonyl (C=O) groups excluding carboxylic acids is 1. The second-order valence-corrected chi connectivity index (χ2v) is 4.58. The number of nitrogens with two attached hydrogens (primary N) is 1. The van der Waals surface area contributed by atoms with Crippen LogP contribution in [-0.4, -0.2) is 30.5 Å². The predicted molar refractivity (Wildman–Crippen MR) is 65.2 cm³/mol. The fourth-order valence-corrected chi connectivity index (χ4v) is 2.24. The molecule has 98 valence electrons. The van der Waals surface area contributed by atoms with Crippen molar-refractivity contribution in [1.82, 2.24) is 4.90 Å². The maximum absolute atomic E-state index is 13.1. The van der Waals surface area contributed by atoms with Crippen LogP contribution in [0.3, 0.4) is 0 Å². The van der Waals surface area contributed by atoms with E-state index < -0.39 is 0 Å². The average Bonchev–Trinajstić information content (AvgIpc) is 2.39. The third-order valence-corrected chi connectivity index (χ3v) is 3.31. The molecule has 2 N–H and O–H groups in total. The molecular formula is C13H17FN2O2. The van der Waals surface area contributed by atoms with Crippen LogP contribution in [0.1, 0.15) is 23.2 Å². The summed E-state index contributed by atoms with van der Waals surface area (Å²) in [6, 6.07) is 5.80. The minimum Gasteiger partial charge on any atom is -0.339 e. The van der Waals surface area contributed by atoms with Gasteiger partial charge < -0.3 is 9.74 Å². The van der Waals surface area contributed by atoms with Gasteiger partial charge in [-0.3, -0.25) is 4.79 Å². The highest BCUT2D eigenvalue weighted by molar-refractivity contribution is 5.94. The Balaban J connectivity index is 1.95. The summed E-state index contributed by atoms with van der Waals surface area (Å²) < 4.78 is 13.1. The summed E-state index contributed by atoms with van der Waals surface area (Å²) >= 11 is 0. The molecule has 0 saturated carbocycles. The van der Waals surface area contributed by atoms with Crippen molar-refractivity contribution in [3.63, 3.8) is 0 Å². The Morgan fingerprint density at radius 1 is 1.44 bits per heavy atom. The van der Waals surface area contributed by atoms with Crippen LogP contribution in [0.25, 0.3) is 0 Å². The van der Waals surface area contributed by atoms with Crippen molar-refractivity contribution in [2.75, 3.05) is 19.7 Å². The zero-order chi connectivity index (χ0) is 13.0. The van der Waals surface area contributed by atoms with Crippen LogP contribution in [0.4, 0.5) is 4.39 Å². The Bertz CT molecular complexity index is 417. The number of halogens is 1. The lowest BCUT2D eigenvalue weighted by atomic mass is 9.97. The van der Waals surface area contributed by atoms with Crippen LogP contribution in [0.2, 0.25) is 0 Å². The van der Waals surface area contributed by atoms with E-state index in [0.717, 1.165) is 12.8 Å². The molecule has 18 heavy (non-hydrogen) atoms. The first-order valence-corrected chi connectivity index (χ1v) is 6.07. The van der Waals surface area contributed by atoms with Gasteiger partial charge in [-0.25, -0.2) is 10.3 Å². The van der Waals surface area contributed by atoms with Gasteiger partial charge in [-0.15, -0.1) is 0 Å². The lowest BCUT2D eigenvalue weighted by Crippen LogP contribution is -2.39. The van der Waals surface area contributed by atoms with E-state index in [-0.39, 0.29) is 11.7 Å². The molecule has 0 unspecified atom stereocenters. The SMILES string of the molecule is NOCC1CCN(C(=O)c2cccc(F)c2)CC1. The summed E-state index contributed by atoms with van der Waals surface area (Å²) in [7, 11) is 0. The van der Waals surface area contributed by atoms with Gasteiger partial charge >= 0.3 is 0 Å². The summed E-state index contributed by atoms with van der Waals surface area (Å²) in [4.78, 5) is 18.5. The Labute approximate surface area is 105 Å². The number of likely N-dealkylation sites (tertiary alicyclic amines) is 1. The van der Waals surface area contributed by atoms with E-state index in [2.05, 4.69) is 4.84 Å². The lowest BCUT2D eigenvalue weighted by Gasteiger charge is -2.31. The van der Waals surface area contributed by atoms with Gasteiger partial charge in [0.05, 0.1) is 6.61 Å². The van der Waals surface area contributed by atoms with E-state index in [0.29, 0.717) is 31.2 Å². The highest BCUT2D eigenvalue weighted by atomic mass is 19.1. The molecule has 5 heteroatoms. The molecule has 1 heterocycles. The molecule has 4 nitrogen and oxygen atoms in total. The second kappa shape index (κ2) is 5.93. The van der Waals surface area contributed by atoms with Crippen LogP contribution in [-0.2, 0) is 4.84 Å². The quantitative estimate of drug-likeness (QED) is 0.831. The summed E-state index contributed by atoms with van der Waals surface area (Å²) in [6.45, 7) is 1.87. The van der Waals surface area contributed by atoms with E-state index >= 15 is 0 Å². The molecule has 1 aromatic rings. The van der Waals surface area contributed by atoms with E-state index in [4.69, 9.17) is 5.90 Å². The normalized spacial score (nSPS) is 16.9. The number of rotatable bonds is 3. The number of carbonyl (C=O) groups is 1. The van der Waals surface area contributed by atoms with Crippen molar-refractivity contribution in [3.05, 3.63) is 35.6 Å². The van der Waals surface area contributed by atoms with Gasteiger partial charge in [-0.1, -0.05) is 6.07 Å². The molecule has 1 aliphatic heterocycles. The molecule has 1 aromatic carbocycles. The van der Waals surface area contributed by atoms with Crippen molar-refractivity contribution >= 4 is 5.91 Å². The first kappa shape index (κ1) is 13.0. The molecule has 0 aromatic heterocycles. The zero-order valence-corrected chi connectivity index (χ0v) is 10.1. The Kier molecular flexibility index (Phi) is 4.28. The van der Waals surface area contributed by atoms with Gasteiger partial charge in [0.15, 0.2) is 0 Å². The second-order valence-electron chi connectivity index (χ2n) is 4.58. The number of benzene rings is 1. The van der Waals surface area contributed by atoms with E-state index in [1.165, 1.54) is 12.1 Å². The predicted octanol–water partition coefficient (Wildman–Crippen LogP) is 1.57. The van der Waals surface area contributed by atoms with Gasteiger partial charge in [0.25, 0.3) is 5.91 Å². The minimum absolute atomic E-state index is 0.110. The fourth-order valence-electron chi connectivity index (χ4n) is 2.24. The Hall–Kier alpha value is -1.46. The fraction of sp³-hybridized carbons (Fsp3) is 0.462. The number of nitrogens with zero attached hydrogens (tertiary/aromatic N) is 1. The van der Waals surface area contributed by atoms with Gasteiger partial charge in [0.2, 0.25) is 0 Å². The van der Waals surface area contributed by atoms with Crippen LogP contribution >= 0.6 is 0 Å². The molecule has 0 atom stereocenters. The van der Waals surface area contributed by atoms with E-state index in [9.17, 15) is 9.18 Å². The molecular weight excluding hydrogens is 235 g/mol. The maximum atomic E-state index is 13.1. The Morgan fingerprint density at radius 3 is 2.78 bits per heavy atom. The average molecular weight is 252 g/mol. The van der Waals surface area contributed by atoms with Gasteiger partial charge in [0, 0.05) is 18.7 Å². The zero-order valence-electron chi connectivity index (χ0n) is 10.1. The standard InChI is InChI=1S/C13H17FN2O2/c14-12-3-1-2-11(8-12)13(17)16-6-4-10(5-7-16)9-18-15/h1-3,8,10H,4-7,9,15H2. The highest BCUT2D eigenvalue weighted by Crippen LogP contribution is 2.19. The third kappa shape index (κ3) is 3.05. The smallest absolute Gasteiger partial charge is 0.253 e. The van der Waals surface area contributed by atoms with Gasteiger partial charge in [-0.2, -0.15) is 0 Å². The number of piperidine rings is 1. The molecule has 0 bridgehead atoms. The summed E-state index contributed by atoms with van der Waals surface area (Å²) in [5.74, 6) is 4.96. The first-order chi connectivity index (χ1) is 8.70. The molecule has 2 rings (SSSR count). The highest BCUT2D eigenvalue weighted by Gasteiger charge is 2.23. The van der Waals surface area contributed by atoms with Crippen molar-refractivity contribution in [2.45, 2.75) is 12.8 Å². The lowest BCUT2D eigenvalue weighted by molar-refractivity contribution is 0.0525. The Morgan fingerprint density at radius 2 is 2.17 bits per heavy atom. The third-order valence-electron chi connectivity index (χ3n) is 3.31. The molecule has 0 radical (unpaired) electrons. The van der Waals surface area contributed by atoms with Crippen LogP contribution in [0, 0.1) is 11.7 Å². The summed E-state index contributed by atoms with van der Waals surface area (Å²) in [6.07, 6.45) is 1.75. The summed E-state index contributed by atoms with van der Waals surface area (Å²) in [5.41, 5.74) is 0.406. The molecule has 1 amide bonds. The first-order valence-electron chi connectivity index (χ1n) is 6.07. The van der Waals surface area contributed by atoms with E-state index in [1.54, 1.807) is 17.0 Å². The molecule has 1 fully saturated rings. The van der Waals surface area contributed by atoms with Crippen LogP contribution < -0.4 is 5.90 Å². The van der Waals surface area contributed by atoms with E-state index in [1.807, 2.05) is 0 Å². The van der Waals surface area contributed by atoms with Crippen molar-refractivity contribution in [1.29, 1.82) is 0 Å². The summed E-state index contributed by atoms with van der Waals surface area (Å²) in [5, 5.41) is 0. The van der Waals surface area contributed by atoms with Gasteiger partial charge in [0.1, 0.15) is 5.82 Å². The topological polar surface area (TPSA) is 55.6 Å². The number of hydrogen-bond donors (Lipinski definition) is 1. The maximum Gasteiger partial charge on any atom is 0.253 e. The van der Waals surface area contributed by atoms with Crippen molar-refractivity contribution < 1.29 is 14.0 Å². The number of hydrogen-bond acceptors (Lipinski definition) is 3. The molecule has 1 aliphatic rings. The molecule has 0 aliphatic carbocycles. The monoisotopic (exact) mass is 252 g/mol. The largest absolute Gasteiger partial charge is 0.339 e. The minimum atomic E-state index is -0.382. The number of amides is 1.